The second-order valence-corrected chi connectivity index (χ2v) is 5.38. The van der Waals surface area contributed by atoms with Crippen LogP contribution in [0, 0.1) is 5.92 Å². The minimum Gasteiger partial charge on any atom is -0.480 e. The van der Waals surface area contributed by atoms with Crippen LogP contribution >= 0.6 is 0 Å². The molecule has 2 aliphatic rings. The summed E-state index contributed by atoms with van der Waals surface area (Å²) in [6.45, 7) is 4.20. The third kappa shape index (κ3) is 2.93. The van der Waals surface area contributed by atoms with Crippen LogP contribution in [0.2, 0.25) is 0 Å². The number of aliphatic carboxylic acids is 1. The first-order chi connectivity index (χ1) is 8.49. The molecule has 102 valence electrons. The van der Waals surface area contributed by atoms with Gasteiger partial charge in [-0.3, -0.25) is 0 Å². The van der Waals surface area contributed by atoms with Crippen LogP contribution in [-0.4, -0.2) is 65.7 Å². The van der Waals surface area contributed by atoms with E-state index < -0.39 is 12.0 Å². The summed E-state index contributed by atoms with van der Waals surface area (Å²) in [5.41, 5.74) is 0. The molecule has 0 radical (unpaired) electrons. The van der Waals surface area contributed by atoms with Gasteiger partial charge in [0.05, 0.1) is 0 Å². The number of carboxylic acid groups (broad SMARTS) is 1. The first-order valence-corrected chi connectivity index (χ1v) is 6.47. The number of hydrogen-bond acceptors (Lipinski definition) is 3. The second kappa shape index (κ2) is 5.14. The Bertz CT molecular complexity index is 343. The first-order valence-electron chi connectivity index (χ1n) is 6.47. The summed E-state index contributed by atoms with van der Waals surface area (Å²) < 4.78 is 0. The Hall–Kier alpha value is -1.30. The molecule has 0 spiro atoms. The summed E-state index contributed by atoms with van der Waals surface area (Å²) in [4.78, 5) is 27.0. The average Bonchev–Trinajstić information content (AvgIpc) is 3.13. The van der Waals surface area contributed by atoms with Gasteiger partial charge in [-0.05, 0) is 32.7 Å². The van der Waals surface area contributed by atoms with Crippen molar-refractivity contribution in [2.75, 3.05) is 26.7 Å². The van der Waals surface area contributed by atoms with E-state index in [1.807, 2.05) is 7.05 Å². The molecule has 2 N–H and O–H groups in total. The monoisotopic (exact) mass is 255 g/mol. The Morgan fingerprint density at radius 3 is 2.50 bits per heavy atom. The molecule has 2 unspecified atom stereocenters. The van der Waals surface area contributed by atoms with Crippen molar-refractivity contribution in [1.29, 1.82) is 0 Å². The summed E-state index contributed by atoms with van der Waals surface area (Å²) in [6.07, 6.45) is 1.80. The number of rotatable bonds is 3. The predicted octanol–water partition coefficient (Wildman–Crippen LogP) is 0.195. The highest BCUT2D eigenvalue weighted by Crippen LogP contribution is 2.32. The number of carbonyl (C=O) groups is 2. The van der Waals surface area contributed by atoms with Crippen LogP contribution in [0.3, 0.4) is 0 Å². The average molecular weight is 255 g/mol. The van der Waals surface area contributed by atoms with Crippen LogP contribution in [0.25, 0.3) is 0 Å². The minimum atomic E-state index is -0.923. The van der Waals surface area contributed by atoms with Gasteiger partial charge in [0.15, 0.2) is 0 Å². The number of amides is 2. The molecular weight excluding hydrogens is 234 g/mol. The van der Waals surface area contributed by atoms with E-state index >= 15 is 0 Å². The highest BCUT2D eigenvalue weighted by atomic mass is 16.4. The van der Waals surface area contributed by atoms with Gasteiger partial charge in [0.1, 0.15) is 6.04 Å². The van der Waals surface area contributed by atoms with Gasteiger partial charge in [-0.15, -0.1) is 0 Å². The summed E-state index contributed by atoms with van der Waals surface area (Å²) in [6, 6.07) is -0.643. The van der Waals surface area contributed by atoms with E-state index in [1.54, 1.807) is 4.90 Å². The quantitative estimate of drug-likeness (QED) is 0.755. The van der Waals surface area contributed by atoms with Gasteiger partial charge in [0.25, 0.3) is 0 Å². The molecule has 1 saturated carbocycles. The molecule has 1 saturated heterocycles. The lowest BCUT2D eigenvalue weighted by Gasteiger charge is -2.38. The number of hydrogen-bond donors (Lipinski definition) is 2. The summed E-state index contributed by atoms with van der Waals surface area (Å²) >= 11 is 0. The number of nitrogens with one attached hydrogen (secondary N) is 1. The predicted molar refractivity (Wildman–Crippen MR) is 66.3 cm³/mol. The van der Waals surface area contributed by atoms with Gasteiger partial charge >= 0.3 is 12.0 Å². The molecule has 6 nitrogen and oxygen atoms in total. The van der Waals surface area contributed by atoms with Crippen molar-refractivity contribution in [3.8, 4) is 0 Å². The Kier molecular flexibility index (Phi) is 3.75. The standard InChI is InChI=1S/C12H21N3O3/c1-8-7-15(6-5-14(8)2)12(18)13-10(11(16)17)9-3-4-9/h8-10H,3-7H2,1-2H3,(H,13,18)(H,16,17). The van der Waals surface area contributed by atoms with Crippen molar-refractivity contribution in [1.82, 2.24) is 15.1 Å². The molecule has 0 bridgehead atoms. The lowest BCUT2D eigenvalue weighted by atomic mass is 10.2. The van der Waals surface area contributed by atoms with Gasteiger partial charge in [-0.2, -0.15) is 0 Å². The van der Waals surface area contributed by atoms with Gasteiger partial charge < -0.3 is 20.2 Å². The normalized spacial score (nSPS) is 26.8. The lowest BCUT2D eigenvalue weighted by Crippen LogP contribution is -2.57. The molecule has 2 amide bonds. The third-order valence-corrected chi connectivity index (χ3v) is 3.89. The molecule has 1 aliphatic heterocycles. The van der Waals surface area contributed by atoms with E-state index in [1.165, 1.54) is 0 Å². The summed E-state index contributed by atoms with van der Waals surface area (Å²) in [5, 5.41) is 11.7. The molecule has 2 atom stereocenters. The zero-order chi connectivity index (χ0) is 13.3. The van der Waals surface area contributed by atoms with Crippen molar-refractivity contribution in [2.45, 2.75) is 31.8 Å². The fraction of sp³-hybridized carbons (Fsp3) is 0.833. The van der Waals surface area contributed by atoms with Crippen LogP contribution in [0.5, 0.6) is 0 Å². The van der Waals surface area contributed by atoms with Gasteiger partial charge in [-0.1, -0.05) is 0 Å². The van der Waals surface area contributed by atoms with E-state index in [9.17, 15) is 9.59 Å². The molecule has 2 fully saturated rings. The Morgan fingerprint density at radius 1 is 1.33 bits per heavy atom. The third-order valence-electron chi connectivity index (χ3n) is 3.89. The molecule has 6 heteroatoms. The number of nitrogens with zero attached hydrogens (tertiary/aromatic N) is 2. The number of carbonyl (C=O) groups excluding carboxylic acids is 1. The topological polar surface area (TPSA) is 72.9 Å². The lowest BCUT2D eigenvalue weighted by molar-refractivity contribution is -0.139. The molecule has 1 heterocycles. The zero-order valence-electron chi connectivity index (χ0n) is 10.9. The van der Waals surface area contributed by atoms with Crippen molar-refractivity contribution < 1.29 is 14.7 Å². The summed E-state index contributed by atoms with van der Waals surface area (Å²) in [5.74, 6) is -0.802. The molecular formula is C12H21N3O3. The molecule has 1 aliphatic carbocycles. The minimum absolute atomic E-state index is 0.122. The zero-order valence-corrected chi connectivity index (χ0v) is 10.9. The van der Waals surface area contributed by atoms with Crippen molar-refractivity contribution >= 4 is 12.0 Å². The molecule has 0 aromatic rings. The van der Waals surface area contributed by atoms with Gasteiger partial charge in [0, 0.05) is 25.7 Å². The first kappa shape index (κ1) is 13.1. The molecule has 0 aromatic carbocycles. The maximum absolute atomic E-state index is 12.0. The summed E-state index contributed by atoms with van der Waals surface area (Å²) in [7, 11) is 2.03. The van der Waals surface area contributed by atoms with Crippen molar-refractivity contribution in [3.63, 3.8) is 0 Å². The highest BCUT2D eigenvalue weighted by Gasteiger charge is 2.38. The van der Waals surface area contributed by atoms with E-state index in [0.717, 1.165) is 19.4 Å². The van der Waals surface area contributed by atoms with Gasteiger partial charge in [0.2, 0.25) is 0 Å². The molecule has 2 rings (SSSR count). The van der Waals surface area contributed by atoms with Crippen molar-refractivity contribution in [2.24, 2.45) is 5.92 Å². The van der Waals surface area contributed by atoms with Gasteiger partial charge in [-0.25, -0.2) is 9.59 Å². The number of urea groups is 1. The maximum Gasteiger partial charge on any atom is 0.326 e. The van der Waals surface area contributed by atoms with Crippen LogP contribution in [-0.2, 0) is 4.79 Å². The molecule has 18 heavy (non-hydrogen) atoms. The fourth-order valence-electron chi connectivity index (χ4n) is 2.27. The van der Waals surface area contributed by atoms with Crippen LogP contribution in [0.1, 0.15) is 19.8 Å². The van der Waals surface area contributed by atoms with E-state index in [4.69, 9.17) is 5.11 Å². The van der Waals surface area contributed by atoms with E-state index in [0.29, 0.717) is 19.1 Å². The van der Waals surface area contributed by atoms with Crippen LogP contribution in [0.4, 0.5) is 4.79 Å². The van der Waals surface area contributed by atoms with Crippen LogP contribution < -0.4 is 5.32 Å². The Balaban J connectivity index is 1.89. The highest BCUT2D eigenvalue weighted by molar-refractivity contribution is 5.83. The maximum atomic E-state index is 12.0. The smallest absolute Gasteiger partial charge is 0.326 e. The van der Waals surface area contributed by atoms with Crippen LogP contribution in [0.15, 0.2) is 0 Å². The van der Waals surface area contributed by atoms with E-state index in [2.05, 4.69) is 17.1 Å². The Morgan fingerprint density at radius 2 is 2.00 bits per heavy atom. The number of carboxylic acids is 1. The fourth-order valence-corrected chi connectivity index (χ4v) is 2.27. The van der Waals surface area contributed by atoms with Crippen molar-refractivity contribution in [3.05, 3.63) is 0 Å². The van der Waals surface area contributed by atoms with E-state index in [-0.39, 0.29) is 11.9 Å². The SMILES string of the molecule is CC1CN(C(=O)NC(C(=O)O)C2CC2)CCN1C. The number of likely N-dealkylation sites (N-methyl/N-ethyl adjacent to an activating group) is 1. The Labute approximate surface area is 107 Å². The number of piperazine rings is 1. The molecule has 0 aromatic heterocycles. The largest absolute Gasteiger partial charge is 0.480 e. The second-order valence-electron chi connectivity index (χ2n) is 5.38.